The van der Waals surface area contributed by atoms with E-state index in [1.54, 1.807) is 30.3 Å². The predicted octanol–water partition coefficient (Wildman–Crippen LogP) is 2.86. The summed E-state index contributed by atoms with van der Waals surface area (Å²) in [5.41, 5.74) is 0.566. The van der Waals surface area contributed by atoms with Gasteiger partial charge in [-0.25, -0.2) is 0 Å². The Morgan fingerprint density at radius 1 is 1.10 bits per heavy atom. The molecule has 0 radical (unpaired) electrons. The number of nitrogens with zero attached hydrogens (tertiary/aromatic N) is 2. The van der Waals surface area contributed by atoms with Crippen LogP contribution in [0, 0.1) is 0 Å². The lowest BCUT2D eigenvalue weighted by Gasteiger charge is -2.12. The van der Waals surface area contributed by atoms with Gasteiger partial charge in [-0.1, -0.05) is 36.7 Å². The van der Waals surface area contributed by atoms with Gasteiger partial charge in [0.05, 0.1) is 17.8 Å². The topological polar surface area (TPSA) is 82.3 Å². The zero-order valence-corrected chi connectivity index (χ0v) is 16.8. The van der Waals surface area contributed by atoms with Gasteiger partial charge in [0, 0.05) is 18.1 Å². The number of anilines is 1. The van der Waals surface area contributed by atoms with Gasteiger partial charge < -0.3 is 10.1 Å². The van der Waals surface area contributed by atoms with Gasteiger partial charge in [0.25, 0.3) is 0 Å². The van der Waals surface area contributed by atoms with E-state index in [1.165, 1.54) is 24.1 Å². The minimum absolute atomic E-state index is 0.298. The second-order valence-electron chi connectivity index (χ2n) is 6.29. The zero-order chi connectivity index (χ0) is 21.0. The number of hydrogen-bond donors (Lipinski definition) is 1. The Bertz CT molecular complexity index is 1170. The molecule has 0 spiro atoms. The van der Waals surface area contributed by atoms with Gasteiger partial charge in [-0.3, -0.25) is 23.5 Å². The van der Waals surface area contributed by atoms with Crippen molar-refractivity contribution in [2.24, 2.45) is 0 Å². The van der Waals surface area contributed by atoms with E-state index in [9.17, 15) is 14.4 Å². The molecule has 0 atom stereocenters. The van der Waals surface area contributed by atoms with Gasteiger partial charge in [-0.2, -0.15) is 0 Å². The Balaban J connectivity index is 1.83. The molecule has 2 aromatic carbocycles. The summed E-state index contributed by atoms with van der Waals surface area (Å²) in [6, 6.07) is 12.2. The number of nitrogens with one attached hydrogen (secondary N) is 1. The Morgan fingerprint density at radius 3 is 2.55 bits per heavy atom. The third kappa shape index (κ3) is 4.41. The Hall–Kier alpha value is -3.32. The van der Waals surface area contributed by atoms with Crippen molar-refractivity contribution in [1.29, 1.82) is 0 Å². The second kappa shape index (κ2) is 8.79. The van der Waals surface area contributed by atoms with Crippen molar-refractivity contribution in [2.75, 3.05) is 12.4 Å². The van der Waals surface area contributed by atoms with Crippen molar-refractivity contribution < 1.29 is 9.53 Å². The van der Waals surface area contributed by atoms with Crippen molar-refractivity contribution in [1.82, 2.24) is 9.13 Å². The van der Waals surface area contributed by atoms with Crippen LogP contribution in [-0.2, 0) is 17.8 Å². The highest BCUT2D eigenvalue weighted by molar-refractivity contribution is 6.32. The summed E-state index contributed by atoms with van der Waals surface area (Å²) in [4.78, 5) is 37.4. The van der Waals surface area contributed by atoms with Crippen LogP contribution < -0.4 is 21.2 Å². The Morgan fingerprint density at radius 2 is 1.86 bits per heavy atom. The van der Waals surface area contributed by atoms with E-state index in [2.05, 4.69) is 5.32 Å². The van der Waals surface area contributed by atoms with Gasteiger partial charge >= 0.3 is 11.1 Å². The van der Waals surface area contributed by atoms with Crippen LogP contribution in [-0.4, -0.2) is 22.2 Å². The van der Waals surface area contributed by atoms with Crippen LogP contribution in [0.15, 0.2) is 64.4 Å². The molecule has 0 fully saturated rings. The van der Waals surface area contributed by atoms with Crippen LogP contribution in [0.4, 0.5) is 5.69 Å². The number of aromatic nitrogens is 2. The van der Waals surface area contributed by atoms with E-state index in [1.807, 2.05) is 19.1 Å². The van der Waals surface area contributed by atoms with Crippen LogP contribution in [0.5, 0.6) is 5.75 Å². The van der Waals surface area contributed by atoms with Crippen molar-refractivity contribution >= 4 is 23.2 Å². The third-order valence-electron chi connectivity index (χ3n) is 4.44. The van der Waals surface area contributed by atoms with E-state index >= 15 is 0 Å². The van der Waals surface area contributed by atoms with E-state index in [4.69, 9.17) is 16.3 Å². The molecule has 8 heteroatoms. The highest BCUT2D eigenvalue weighted by atomic mass is 35.5. The SMILES string of the molecule is CCc1ccccc1-n1ccn(CC(=O)Nc2ccc(OC)c(Cl)c2)c(=O)c1=O. The molecule has 29 heavy (non-hydrogen) atoms. The summed E-state index contributed by atoms with van der Waals surface area (Å²) in [5.74, 6) is 0.0243. The first-order valence-corrected chi connectivity index (χ1v) is 9.36. The highest BCUT2D eigenvalue weighted by Gasteiger charge is 2.12. The molecule has 0 aliphatic carbocycles. The van der Waals surface area contributed by atoms with Crippen molar-refractivity contribution in [2.45, 2.75) is 19.9 Å². The van der Waals surface area contributed by atoms with Gasteiger partial charge in [-0.05, 0) is 36.2 Å². The highest BCUT2D eigenvalue weighted by Crippen LogP contribution is 2.27. The molecule has 1 amide bonds. The molecule has 1 N–H and O–H groups in total. The number of methoxy groups -OCH3 is 1. The second-order valence-corrected chi connectivity index (χ2v) is 6.69. The number of benzene rings is 2. The lowest BCUT2D eigenvalue weighted by Crippen LogP contribution is -2.41. The summed E-state index contributed by atoms with van der Waals surface area (Å²) in [6.07, 6.45) is 3.64. The monoisotopic (exact) mass is 413 g/mol. The van der Waals surface area contributed by atoms with Crippen LogP contribution >= 0.6 is 11.6 Å². The number of rotatable bonds is 6. The summed E-state index contributed by atoms with van der Waals surface area (Å²) in [5, 5.41) is 2.99. The molecular weight excluding hydrogens is 394 g/mol. The molecule has 1 aromatic heterocycles. The molecule has 0 bridgehead atoms. The summed E-state index contributed by atoms with van der Waals surface area (Å²) >= 11 is 6.04. The van der Waals surface area contributed by atoms with E-state index in [0.29, 0.717) is 22.1 Å². The molecule has 0 unspecified atom stereocenters. The number of carbonyl (C=O) groups excluding carboxylic acids is 1. The fourth-order valence-electron chi connectivity index (χ4n) is 2.97. The number of hydrogen-bond acceptors (Lipinski definition) is 4. The maximum absolute atomic E-state index is 12.6. The smallest absolute Gasteiger partial charge is 0.320 e. The molecule has 0 saturated carbocycles. The largest absolute Gasteiger partial charge is 0.495 e. The third-order valence-corrected chi connectivity index (χ3v) is 4.74. The van der Waals surface area contributed by atoms with Gasteiger partial charge in [0.1, 0.15) is 12.3 Å². The molecule has 3 rings (SSSR count). The molecule has 0 aliphatic rings. The standard InChI is InChI=1S/C21H20ClN3O4/c1-3-14-6-4-5-7-17(14)25-11-10-24(20(27)21(25)28)13-19(26)23-15-8-9-18(29-2)16(22)12-15/h4-12H,3,13H2,1-2H3,(H,23,26). The molecule has 0 saturated heterocycles. The number of ether oxygens (including phenoxy) is 1. The van der Waals surface area contributed by atoms with Crippen molar-refractivity contribution in [3.8, 4) is 11.4 Å². The molecule has 7 nitrogen and oxygen atoms in total. The quantitative estimate of drug-likeness (QED) is 0.630. The predicted molar refractivity (Wildman–Crippen MR) is 112 cm³/mol. The number of aryl methyl sites for hydroxylation is 1. The number of carbonyl (C=O) groups is 1. The maximum Gasteiger partial charge on any atom is 0.320 e. The normalized spacial score (nSPS) is 10.6. The van der Waals surface area contributed by atoms with Crippen LogP contribution in [0.2, 0.25) is 5.02 Å². The van der Waals surface area contributed by atoms with Crippen LogP contribution in [0.25, 0.3) is 5.69 Å². The lowest BCUT2D eigenvalue weighted by atomic mass is 10.1. The summed E-state index contributed by atoms with van der Waals surface area (Å²) in [7, 11) is 1.49. The average molecular weight is 414 g/mol. The van der Waals surface area contributed by atoms with Gasteiger partial charge in [0.2, 0.25) is 5.91 Å². The fraction of sp³-hybridized carbons (Fsp3) is 0.190. The van der Waals surface area contributed by atoms with Crippen LogP contribution in [0.3, 0.4) is 0 Å². The average Bonchev–Trinajstić information content (AvgIpc) is 2.72. The molecular formula is C21H20ClN3O4. The molecule has 0 aliphatic heterocycles. The Labute approximate surface area is 172 Å². The first-order chi connectivity index (χ1) is 13.9. The van der Waals surface area contributed by atoms with Crippen molar-refractivity contribution in [3.05, 3.63) is 86.2 Å². The van der Waals surface area contributed by atoms with Gasteiger partial charge in [-0.15, -0.1) is 0 Å². The van der Waals surface area contributed by atoms with E-state index < -0.39 is 17.0 Å². The molecule has 1 heterocycles. The van der Waals surface area contributed by atoms with E-state index in [0.717, 1.165) is 16.6 Å². The number of amides is 1. The minimum atomic E-state index is -0.777. The van der Waals surface area contributed by atoms with Gasteiger partial charge in [0.15, 0.2) is 0 Å². The fourth-order valence-corrected chi connectivity index (χ4v) is 3.22. The van der Waals surface area contributed by atoms with Crippen LogP contribution in [0.1, 0.15) is 12.5 Å². The first kappa shape index (κ1) is 20.4. The Kier molecular flexibility index (Phi) is 6.19. The number of halogens is 1. The van der Waals surface area contributed by atoms with E-state index in [-0.39, 0.29) is 6.54 Å². The number of para-hydroxylation sites is 1. The first-order valence-electron chi connectivity index (χ1n) is 8.98. The molecule has 3 aromatic rings. The van der Waals surface area contributed by atoms with Crippen molar-refractivity contribution in [3.63, 3.8) is 0 Å². The summed E-state index contributed by atoms with van der Waals surface area (Å²) < 4.78 is 7.45. The summed E-state index contributed by atoms with van der Waals surface area (Å²) in [6.45, 7) is 1.68. The molecule has 150 valence electrons. The zero-order valence-electron chi connectivity index (χ0n) is 16.0. The maximum atomic E-state index is 12.6. The lowest BCUT2D eigenvalue weighted by molar-refractivity contribution is -0.116. The minimum Gasteiger partial charge on any atom is -0.495 e.